The summed E-state index contributed by atoms with van der Waals surface area (Å²) in [5.74, 6) is -0.621. The molecule has 0 radical (unpaired) electrons. The van der Waals surface area contributed by atoms with Gasteiger partial charge in [-0.15, -0.1) is 0 Å². The molecule has 1 rings (SSSR count). The summed E-state index contributed by atoms with van der Waals surface area (Å²) >= 11 is 0. The van der Waals surface area contributed by atoms with E-state index < -0.39 is 5.97 Å². The summed E-state index contributed by atoms with van der Waals surface area (Å²) in [5, 5.41) is 8.67. The van der Waals surface area contributed by atoms with Gasteiger partial charge in [-0.25, -0.2) is 4.79 Å². The average Bonchev–Trinajstić information content (AvgIpc) is 2.43. The smallest absolute Gasteiger partial charge is 0.328 e. The SMILES string of the molecule is CC1=C(/C=C/C(C)=C/C=C/C(C)=C/C(=O)O)C(C)(C)C[C@@H](C)C1=O. The van der Waals surface area contributed by atoms with Crippen LogP contribution in [0.3, 0.4) is 0 Å². The number of carbonyl (C=O) groups excluding carboxylic acids is 1. The number of allylic oxidation sites excluding steroid dienone is 9. The first-order valence-corrected chi connectivity index (χ1v) is 8.24. The molecule has 3 heteroatoms. The standard InChI is InChI=1S/C21H28O3/c1-14(8-7-9-15(2)12-19(22)23)10-11-18-17(4)20(24)16(3)13-21(18,5)6/h7-12,16H,13H2,1-6H3,(H,22,23)/b9-7+,11-10+,14-8+,15-12+/t16-/m1/s1. The van der Waals surface area contributed by atoms with E-state index in [1.807, 2.05) is 45.1 Å². The van der Waals surface area contributed by atoms with E-state index in [0.717, 1.165) is 23.1 Å². The van der Waals surface area contributed by atoms with Gasteiger partial charge in [-0.3, -0.25) is 4.79 Å². The van der Waals surface area contributed by atoms with Gasteiger partial charge in [0.05, 0.1) is 0 Å². The fourth-order valence-corrected chi connectivity index (χ4v) is 3.19. The van der Waals surface area contributed by atoms with Gasteiger partial charge in [-0.1, -0.05) is 56.7 Å². The van der Waals surface area contributed by atoms with Gasteiger partial charge in [0.25, 0.3) is 0 Å². The van der Waals surface area contributed by atoms with Crippen LogP contribution >= 0.6 is 0 Å². The van der Waals surface area contributed by atoms with Crippen molar-refractivity contribution in [1.82, 2.24) is 0 Å². The van der Waals surface area contributed by atoms with E-state index in [1.54, 1.807) is 13.0 Å². The van der Waals surface area contributed by atoms with E-state index in [0.29, 0.717) is 5.57 Å². The molecule has 0 unspecified atom stereocenters. The number of aliphatic carboxylic acids is 1. The second-order valence-electron chi connectivity index (χ2n) is 7.22. The minimum absolute atomic E-state index is 0.00908. The Bertz CT molecular complexity index is 667. The first-order chi connectivity index (χ1) is 11.0. The van der Waals surface area contributed by atoms with Crippen LogP contribution in [0.2, 0.25) is 0 Å². The van der Waals surface area contributed by atoms with Crippen LogP contribution in [-0.4, -0.2) is 16.9 Å². The number of hydrogen-bond acceptors (Lipinski definition) is 2. The van der Waals surface area contributed by atoms with Crippen molar-refractivity contribution in [3.8, 4) is 0 Å². The van der Waals surface area contributed by atoms with E-state index in [4.69, 9.17) is 5.11 Å². The Hall–Kier alpha value is -2.16. The summed E-state index contributed by atoms with van der Waals surface area (Å²) in [6, 6.07) is 0. The lowest BCUT2D eigenvalue weighted by Gasteiger charge is -2.35. The van der Waals surface area contributed by atoms with Gasteiger partial charge in [0.15, 0.2) is 5.78 Å². The molecule has 0 aromatic carbocycles. The van der Waals surface area contributed by atoms with E-state index in [9.17, 15) is 9.59 Å². The number of rotatable bonds is 5. The first kappa shape index (κ1) is 19.9. The molecule has 1 N–H and O–H groups in total. The van der Waals surface area contributed by atoms with Gasteiger partial charge >= 0.3 is 5.97 Å². The lowest BCUT2D eigenvalue weighted by Crippen LogP contribution is -2.30. The lowest BCUT2D eigenvalue weighted by molar-refractivity contribution is -0.131. The number of carbonyl (C=O) groups is 2. The number of carboxylic acids is 1. The maximum absolute atomic E-state index is 12.2. The van der Waals surface area contributed by atoms with Crippen LogP contribution in [0.4, 0.5) is 0 Å². The molecule has 0 saturated heterocycles. The maximum atomic E-state index is 12.2. The molecule has 1 atom stereocenters. The molecule has 0 heterocycles. The van der Waals surface area contributed by atoms with Gasteiger partial charge in [-0.05, 0) is 49.3 Å². The molecule has 130 valence electrons. The quantitative estimate of drug-likeness (QED) is 0.569. The Morgan fingerprint density at radius 1 is 1.21 bits per heavy atom. The normalized spacial score (nSPS) is 22.8. The zero-order valence-electron chi connectivity index (χ0n) is 15.5. The van der Waals surface area contributed by atoms with Crippen molar-refractivity contribution in [2.45, 2.75) is 48.0 Å². The fraction of sp³-hybridized carbons (Fsp3) is 0.429. The highest BCUT2D eigenvalue weighted by atomic mass is 16.4. The van der Waals surface area contributed by atoms with Crippen LogP contribution in [0.15, 0.2) is 58.7 Å². The third kappa shape index (κ3) is 5.48. The van der Waals surface area contributed by atoms with Crippen LogP contribution < -0.4 is 0 Å². The number of ketones is 1. The Morgan fingerprint density at radius 3 is 2.42 bits per heavy atom. The van der Waals surface area contributed by atoms with Crippen LogP contribution in [0.1, 0.15) is 48.0 Å². The summed E-state index contributed by atoms with van der Waals surface area (Å²) in [6.07, 6.45) is 11.6. The Morgan fingerprint density at radius 2 is 1.83 bits per heavy atom. The Labute approximate surface area is 145 Å². The van der Waals surface area contributed by atoms with Crippen molar-refractivity contribution in [2.75, 3.05) is 0 Å². The molecule has 0 aliphatic heterocycles. The molecule has 0 saturated carbocycles. The fourth-order valence-electron chi connectivity index (χ4n) is 3.19. The van der Waals surface area contributed by atoms with Gasteiger partial charge in [0, 0.05) is 12.0 Å². The monoisotopic (exact) mass is 328 g/mol. The summed E-state index contributed by atoms with van der Waals surface area (Å²) in [7, 11) is 0. The van der Waals surface area contributed by atoms with Gasteiger partial charge in [0.1, 0.15) is 0 Å². The third-order valence-electron chi connectivity index (χ3n) is 4.35. The summed E-state index contributed by atoms with van der Waals surface area (Å²) < 4.78 is 0. The largest absolute Gasteiger partial charge is 0.478 e. The Balaban J connectivity index is 2.95. The number of carboxylic acid groups (broad SMARTS) is 1. The van der Waals surface area contributed by atoms with E-state index in [2.05, 4.69) is 13.8 Å². The average molecular weight is 328 g/mol. The second kappa shape index (κ2) is 8.09. The maximum Gasteiger partial charge on any atom is 0.328 e. The summed E-state index contributed by atoms with van der Waals surface area (Å²) in [5.41, 5.74) is 3.67. The molecular formula is C21H28O3. The number of hydrogen-bond donors (Lipinski definition) is 1. The zero-order chi connectivity index (χ0) is 18.5. The lowest BCUT2D eigenvalue weighted by atomic mass is 9.68. The molecular weight excluding hydrogens is 300 g/mol. The second-order valence-corrected chi connectivity index (χ2v) is 7.22. The Kier molecular flexibility index (Phi) is 6.70. The zero-order valence-corrected chi connectivity index (χ0v) is 15.5. The van der Waals surface area contributed by atoms with E-state index in [-0.39, 0.29) is 17.1 Å². The van der Waals surface area contributed by atoms with Crippen molar-refractivity contribution in [1.29, 1.82) is 0 Å². The van der Waals surface area contributed by atoms with Crippen molar-refractivity contribution < 1.29 is 14.7 Å². The molecule has 0 bridgehead atoms. The van der Waals surface area contributed by atoms with Crippen LogP contribution in [0.5, 0.6) is 0 Å². The number of Topliss-reactive ketones (excluding diaryl/α,β-unsaturated/α-hetero) is 1. The van der Waals surface area contributed by atoms with E-state index in [1.165, 1.54) is 6.08 Å². The molecule has 0 fully saturated rings. The van der Waals surface area contributed by atoms with Crippen molar-refractivity contribution in [3.63, 3.8) is 0 Å². The topological polar surface area (TPSA) is 54.4 Å². The van der Waals surface area contributed by atoms with Crippen LogP contribution in [0.25, 0.3) is 0 Å². The van der Waals surface area contributed by atoms with Crippen LogP contribution in [0, 0.1) is 11.3 Å². The first-order valence-electron chi connectivity index (χ1n) is 8.24. The molecule has 0 aromatic rings. The van der Waals surface area contributed by atoms with Crippen molar-refractivity contribution in [3.05, 3.63) is 58.7 Å². The van der Waals surface area contributed by atoms with Crippen LogP contribution in [-0.2, 0) is 9.59 Å². The minimum atomic E-state index is -0.946. The van der Waals surface area contributed by atoms with Crippen molar-refractivity contribution in [2.24, 2.45) is 11.3 Å². The summed E-state index contributed by atoms with van der Waals surface area (Å²) in [4.78, 5) is 22.8. The van der Waals surface area contributed by atoms with E-state index >= 15 is 0 Å². The highest BCUT2D eigenvalue weighted by molar-refractivity contribution is 5.98. The summed E-state index contributed by atoms with van der Waals surface area (Å²) in [6.45, 7) is 12.0. The van der Waals surface area contributed by atoms with Gasteiger partial charge in [0.2, 0.25) is 0 Å². The van der Waals surface area contributed by atoms with Gasteiger partial charge < -0.3 is 5.11 Å². The minimum Gasteiger partial charge on any atom is -0.478 e. The van der Waals surface area contributed by atoms with Gasteiger partial charge in [-0.2, -0.15) is 0 Å². The molecule has 1 aliphatic rings. The highest BCUT2D eigenvalue weighted by Crippen LogP contribution is 2.41. The molecule has 0 amide bonds. The molecule has 24 heavy (non-hydrogen) atoms. The predicted molar refractivity (Wildman–Crippen MR) is 98.7 cm³/mol. The predicted octanol–water partition coefficient (Wildman–Crippen LogP) is 5.03. The molecule has 3 nitrogen and oxygen atoms in total. The molecule has 1 aliphatic carbocycles. The molecule has 0 aromatic heterocycles. The molecule has 0 spiro atoms. The van der Waals surface area contributed by atoms with Crippen molar-refractivity contribution >= 4 is 11.8 Å². The third-order valence-corrected chi connectivity index (χ3v) is 4.35. The highest BCUT2D eigenvalue weighted by Gasteiger charge is 2.35.